The van der Waals surface area contributed by atoms with Crippen molar-refractivity contribution >= 4 is 44.7 Å². The summed E-state index contributed by atoms with van der Waals surface area (Å²) >= 11 is 0. The minimum Gasteiger partial charge on any atom is -0.363 e. The van der Waals surface area contributed by atoms with Gasteiger partial charge in [-0.3, -0.25) is 15.2 Å². The van der Waals surface area contributed by atoms with Crippen molar-refractivity contribution in [1.82, 2.24) is 20.1 Å². The Morgan fingerprint density at radius 2 is 0.841 bits per heavy atom. The van der Waals surface area contributed by atoms with E-state index in [-0.39, 0.29) is 30.3 Å². The summed E-state index contributed by atoms with van der Waals surface area (Å²) in [5.74, 6) is 0.911. The van der Waals surface area contributed by atoms with Crippen LogP contribution in [0.1, 0.15) is 83.5 Å². The predicted molar refractivity (Wildman–Crippen MR) is 366 cm³/mol. The molecule has 2 aliphatic heterocycles. The van der Waals surface area contributed by atoms with Crippen molar-refractivity contribution in [2.75, 3.05) is 11.4 Å². The Kier molecular flexibility index (Phi) is 14.9. The molecule has 5 atom stereocenters. The number of rotatable bonds is 14. The summed E-state index contributed by atoms with van der Waals surface area (Å²) < 4.78 is 2.37. The Morgan fingerprint density at radius 1 is 0.375 bits per heavy atom. The number of aliphatic imine (C=N–C) groups is 1. The van der Waals surface area contributed by atoms with Crippen molar-refractivity contribution in [2.24, 2.45) is 4.99 Å². The topological polar surface area (TPSA) is 47.8 Å². The second kappa shape index (κ2) is 24.2. The highest BCUT2D eigenvalue weighted by molar-refractivity contribution is 6.10. The third kappa shape index (κ3) is 10.8. The van der Waals surface area contributed by atoms with Gasteiger partial charge in [-0.15, -0.1) is 0 Å². The molecule has 1 saturated heterocycles. The number of fused-ring (bicyclic) bond motifs is 3. The molecule has 0 radical (unpaired) electrons. The minimum absolute atomic E-state index is 0.0149. The second-order valence-corrected chi connectivity index (χ2v) is 23.4. The van der Waals surface area contributed by atoms with E-state index in [0.717, 1.165) is 75.8 Å². The van der Waals surface area contributed by atoms with E-state index in [1.54, 1.807) is 0 Å². The lowest BCUT2D eigenvalue weighted by Gasteiger charge is -2.46. The lowest BCUT2D eigenvalue weighted by atomic mass is 9.87. The van der Waals surface area contributed by atoms with E-state index < -0.39 is 0 Å². The number of nitrogens with zero attached hydrogens (tertiary/aromatic N) is 4. The van der Waals surface area contributed by atoms with Crippen LogP contribution in [0.2, 0.25) is 0 Å². The van der Waals surface area contributed by atoms with E-state index in [1.807, 2.05) is 0 Å². The maximum Gasteiger partial charge on any atom is 0.129 e. The molecule has 0 amide bonds. The fraction of sp³-hybridized carbons (Fsp3) is 0.110. The highest BCUT2D eigenvalue weighted by Gasteiger charge is 2.37. The zero-order chi connectivity index (χ0) is 58.8. The van der Waals surface area contributed by atoms with E-state index in [4.69, 9.17) is 4.99 Å². The fourth-order valence-corrected chi connectivity index (χ4v) is 13.8. The smallest absolute Gasteiger partial charge is 0.129 e. The van der Waals surface area contributed by atoms with Crippen molar-refractivity contribution in [3.8, 4) is 39.1 Å². The van der Waals surface area contributed by atoms with Crippen LogP contribution < -0.4 is 15.5 Å². The molecule has 0 saturated carbocycles. The molecular formula is C82H68N6. The van der Waals surface area contributed by atoms with Gasteiger partial charge in [0.2, 0.25) is 0 Å². The van der Waals surface area contributed by atoms with Gasteiger partial charge in [0.05, 0.1) is 29.3 Å². The summed E-state index contributed by atoms with van der Waals surface area (Å²) in [5, 5.41) is 10.7. The second-order valence-electron chi connectivity index (χ2n) is 23.4. The first-order chi connectivity index (χ1) is 43.6. The molecule has 13 aromatic rings. The predicted octanol–water partition coefficient (Wildman–Crippen LogP) is 20.3. The molecular weight excluding hydrogens is 1070 g/mol. The lowest BCUT2D eigenvalue weighted by Crippen LogP contribution is -2.48. The van der Waals surface area contributed by atoms with Crippen molar-refractivity contribution in [1.29, 1.82) is 0 Å². The molecule has 0 bridgehead atoms. The SMILES string of the molecule is CCN1C(c2ccccc2)CC(c2ccccc2)NC1c1cc(C2=NC(c3ccccc3)CC(c3ccccc3)N2)cc(-c2ccc(-c3ccc(N(c4ccccc4)c4ccc(-c5ccc6c(c5)c5ccccc5n6-c5ccccc5)cc4)cc3)cc2)c1. The number of para-hydroxylation sites is 3. The molecule has 88 heavy (non-hydrogen) atoms. The highest BCUT2D eigenvalue weighted by Crippen LogP contribution is 2.45. The third-order valence-corrected chi connectivity index (χ3v) is 18.1. The van der Waals surface area contributed by atoms with Crippen molar-refractivity contribution < 1.29 is 0 Å². The molecule has 6 nitrogen and oxygen atoms in total. The molecule has 15 rings (SSSR count). The molecule has 1 fully saturated rings. The van der Waals surface area contributed by atoms with Crippen LogP contribution in [0.25, 0.3) is 60.9 Å². The van der Waals surface area contributed by atoms with Crippen LogP contribution in [0.5, 0.6) is 0 Å². The Bertz CT molecular complexity index is 4530. The Balaban J connectivity index is 0.766. The minimum atomic E-state index is -0.0893. The number of amidine groups is 1. The number of anilines is 3. The summed E-state index contributed by atoms with van der Waals surface area (Å²) in [6.45, 7) is 3.17. The summed E-state index contributed by atoms with van der Waals surface area (Å²) in [5.41, 5.74) is 21.2. The zero-order valence-electron chi connectivity index (χ0n) is 49.3. The van der Waals surface area contributed by atoms with E-state index in [0.29, 0.717) is 0 Å². The fourth-order valence-electron chi connectivity index (χ4n) is 13.8. The first-order valence-electron chi connectivity index (χ1n) is 31.0. The number of hydrogen-bond donors (Lipinski definition) is 2. The quantitative estimate of drug-likeness (QED) is 0.114. The average molecular weight is 1140 g/mol. The summed E-state index contributed by atoms with van der Waals surface area (Å²) in [4.78, 5) is 10.6. The van der Waals surface area contributed by atoms with Crippen molar-refractivity contribution in [3.63, 3.8) is 0 Å². The Hall–Kier alpha value is -10.4. The first kappa shape index (κ1) is 54.3. The zero-order valence-corrected chi connectivity index (χ0v) is 49.3. The van der Waals surface area contributed by atoms with Crippen molar-refractivity contribution in [3.05, 3.63) is 349 Å². The molecule has 0 spiro atoms. The van der Waals surface area contributed by atoms with Gasteiger partial charge < -0.3 is 14.8 Å². The molecule has 6 heteroatoms. The van der Waals surface area contributed by atoms with Crippen molar-refractivity contribution in [2.45, 2.75) is 50.1 Å². The largest absolute Gasteiger partial charge is 0.363 e. The maximum absolute atomic E-state index is 5.60. The van der Waals surface area contributed by atoms with Gasteiger partial charge >= 0.3 is 0 Å². The van der Waals surface area contributed by atoms with Crippen LogP contribution in [-0.2, 0) is 0 Å². The molecule has 2 N–H and O–H groups in total. The maximum atomic E-state index is 5.60. The van der Waals surface area contributed by atoms with E-state index in [1.165, 1.54) is 60.8 Å². The van der Waals surface area contributed by atoms with Gasteiger partial charge in [0.15, 0.2) is 0 Å². The first-order valence-corrected chi connectivity index (χ1v) is 31.0. The van der Waals surface area contributed by atoms with Gasteiger partial charge in [0.25, 0.3) is 0 Å². The third-order valence-electron chi connectivity index (χ3n) is 18.1. The highest BCUT2D eigenvalue weighted by atomic mass is 15.3. The molecule has 1 aromatic heterocycles. The molecule has 0 aliphatic carbocycles. The summed E-state index contributed by atoms with van der Waals surface area (Å²) in [7, 11) is 0. The monoisotopic (exact) mass is 1140 g/mol. The van der Waals surface area contributed by atoms with Crippen LogP contribution in [-0.4, -0.2) is 21.8 Å². The van der Waals surface area contributed by atoms with Gasteiger partial charge in [-0.05, 0) is 166 Å². The average Bonchev–Trinajstić information content (AvgIpc) is 2.62. The Labute approximate surface area is 516 Å². The van der Waals surface area contributed by atoms with E-state index in [2.05, 4.69) is 347 Å². The summed E-state index contributed by atoms with van der Waals surface area (Å²) in [6.07, 6.45) is 1.73. The van der Waals surface area contributed by atoms with E-state index >= 15 is 0 Å². The molecule has 5 unspecified atom stereocenters. The Morgan fingerprint density at radius 3 is 1.45 bits per heavy atom. The molecule has 12 aromatic carbocycles. The number of nitrogens with one attached hydrogen (secondary N) is 2. The van der Waals surface area contributed by atoms with Crippen LogP contribution in [0.4, 0.5) is 17.1 Å². The molecule has 2 aliphatic rings. The van der Waals surface area contributed by atoms with E-state index in [9.17, 15) is 0 Å². The number of hydrogen-bond acceptors (Lipinski definition) is 5. The van der Waals surface area contributed by atoms with Crippen LogP contribution in [0.3, 0.4) is 0 Å². The van der Waals surface area contributed by atoms with Crippen LogP contribution >= 0.6 is 0 Å². The van der Waals surface area contributed by atoms with Gasteiger partial charge in [-0.2, -0.15) is 0 Å². The summed E-state index contributed by atoms with van der Waals surface area (Å²) in [6, 6.07) is 115. The van der Waals surface area contributed by atoms with Gasteiger partial charge in [-0.1, -0.05) is 237 Å². The normalized spacial score (nSPS) is 17.7. The number of benzene rings is 12. The lowest BCUT2D eigenvalue weighted by molar-refractivity contribution is 0.0485. The van der Waals surface area contributed by atoms with Crippen LogP contribution in [0.15, 0.2) is 320 Å². The number of aromatic nitrogens is 1. The van der Waals surface area contributed by atoms with Crippen LogP contribution in [0, 0.1) is 0 Å². The molecule has 3 heterocycles. The van der Waals surface area contributed by atoms with Gasteiger partial charge in [0, 0.05) is 51.2 Å². The molecule has 426 valence electrons. The van der Waals surface area contributed by atoms with Gasteiger partial charge in [-0.25, -0.2) is 0 Å². The standard InChI is InChI=1S/C82H68N6/c1-2-86-80(64-29-15-6-16-30-64)56-77(63-27-13-5-14-28-63)85-82(86)68-52-66(51-67(53-68)81-83-75(61-23-9-3-10-24-61)55-76(84-81)62-25-11-4-12-26-62)60-39-37-57(38-40-60)58-41-46-71(47-42-58)87(69-31-17-7-18-32-69)72-48-43-59(44-49-72)65-45-50-79-74(54-65)73-35-21-22-36-78(73)88(79)70-33-19-8-20-34-70/h3-54,75-77,80,82,85H,2,55-56H2,1H3,(H,83,84). The van der Waals surface area contributed by atoms with Gasteiger partial charge in [0.1, 0.15) is 5.84 Å².